The summed E-state index contributed by atoms with van der Waals surface area (Å²) in [5.74, 6) is 0.171. The van der Waals surface area contributed by atoms with Crippen LogP contribution in [-0.2, 0) is 9.53 Å². The summed E-state index contributed by atoms with van der Waals surface area (Å²) in [7, 11) is 1.63. The van der Waals surface area contributed by atoms with Crippen LogP contribution in [0, 0.1) is 0 Å². The summed E-state index contributed by atoms with van der Waals surface area (Å²) in [6, 6.07) is 15.3. The number of guanidine groups is 1. The van der Waals surface area contributed by atoms with Crippen molar-refractivity contribution < 1.29 is 9.53 Å². The van der Waals surface area contributed by atoms with Gasteiger partial charge in [0, 0.05) is 19.5 Å². The molecule has 0 unspecified atom stereocenters. The lowest BCUT2D eigenvalue weighted by atomic mass is 10.1. The van der Waals surface area contributed by atoms with Crippen molar-refractivity contribution in [3.8, 4) is 0 Å². The summed E-state index contributed by atoms with van der Waals surface area (Å²) in [6.07, 6.45) is 5.06. The third-order valence-electron chi connectivity index (χ3n) is 4.33. The largest absolute Gasteiger partial charge is 0.382 e. The molecule has 4 rings (SSSR count). The van der Waals surface area contributed by atoms with Crippen molar-refractivity contribution in [2.75, 3.05) is 13.7 Å². The van der Waals surface area contributed by atoms with Crippen molar-refractivity contribution in [3.05, 3.63) is 77.7 Å². The number of aliphatic imine (C=N–C) groups is 1. The molecule has 0 radical (unpaired) electrons. The summed E-state index contributed by atoms with van der Waals surface area (Å²) in [6.45, 7) is 0.410. The zero-order valence-electron chi connectivity index (χ0n) is 15.3. The van der Waals surface area contributed by atoms with E-state index in [1.165, 1.54) is 0 Å². The first kappa shape index (κ1) is 17.8. The SMILES string of the molecule is COC[C@H](N=C1NC(=O)/C(=C/c2ccc3nccnc3c2)N1)c1ccccc1. The summed E-state index contributed by atoms with van der Waals surface area (Å²) in [4.78, 5) is 25.5. The molecule has 7 nitrogen and oxygen atoms in total. The minimum atomic E-state index is -0.234. The lowest BCUT2D eigenvalue weighted by Gasteiger charge is -2.12. The van der Waals surface area contributed by atoms with E-state index in [0.717, 1.165) is 22.2 Å². The van der Waals surface area contributed by atoms with E-state index in [4.69, 9.17) is 4.74 Å². The smallest absolute Gasteiger partial charge is 0.274 e. The number of ether oxygens (including phenoxy) is 1. The van der Waals surface area contributed by atoms with Gasteiger partial charge in [-0.2, -0.15) is 0 Å². The molecule has 140 valence electrons. The van der Waals surface area contributed by atoms with E-state index in [1.54, 1.807) is 25.6 Å². The molecule has 1 aliphatic heterocycles. The van der Waals surface area contributed by atoms with Gasteiger partial charge in [-0.05, 0) is 29.3 Å². The van der Waals surface area contributed by atoms with E-state index < -0.39 is 0 Å². The first-order chi connectivity index (χ1) is 13.7. The highest BCUT2D eigenvalue weighted by atomic mass is 16.5. The predicted octanol–water partition coefficient (Wildman–Crippen LogP) is 2.43. The van der Waals surface area contributed by atoms with Crippen LogP contribution in [-0.4, -0.2) is 35.6 Å². The van der Waals surface area contributed by atoms with E-state index in [9.17, 15) is 4.79 Å². The van der Waals surface area contributed by atoms with Gasteiger partial charge in [-0.15, -0.1) is 0 Å². The summed E-state index contributed by atoms with van der Waals surface area (Å²) >= 11 is 0. The fourth-order valence-corrected chi connectivity index (χ4v) is 2.99. The fourth-order valence-electron chi connectivity index (χ4n) is 2.99. The Morgan fingerprint density at radius 3 is 2.64 bits per heavy atom. The molecule has 7 heteroatoms. The summed E-state index contributed by atoms with van der Waals surface area (Å²) in [5, 5.41) is 5.82. The Morgan fingerprint density at radius 2 is 1.86 bits per heavy atom. The minimum Gasteiger partial charge on any atom is -0.382 e. The number of methoxy groups -OCH3 is 1. The Bertz CT molecular complexity index is 1060. The third-order valence-corrected chi connectivity index (χ3v) is 4.33. The maximum absolute atomic E-state index is 12.3. The number of hydrogen-bond acceptors (Lipinski definition) is 5. The van der Waals surface area contributed by atoms with Crippen LogP contribution < -0.4 is 10.6 Å². The fraction of sp³-hybridized carbons (Fsp3) is 0.143. The second kappa shape index (κ2) is 7.98. The first-order valence-electron chi connectivity index (χ1n) is 8.85. The number of carbonyl (C=O) groups is 1. The van der Waals surface area contributed by atoms with E-state index in [-0.39, 0.29) is 11.9 Å². The lowest BCUT2D eigenvalue weighted by Crippen LogP contribution is -2.26. The van der Waals surface area contributed by atoms with Crippen LogP contribution >= 0.6 is 0 Å². The van der Waals surface area contributed by atoms with E-state index in [1.807, 2.05) is 48.5 Å². The number of fused-ring (bicyclic) bond motifs is 1. The quantitative estimate of drug-likeness (QED) is 0.671. The second-order valence-electron chi connectivity index (χ2n) is 6.30. The lowest BCUT2D eigenvalue weighted by molar-refractivity contribution is -0.115. The number of benzene rings is 2. The van der Waals surface area contributed by atoms with Gasteiger partial charge in [-0.25, -0.2) is 4.99 Å². The van der Waals surface area contributed by atoms with Crippen LogP contribution in [0.2, 0.25) is 0 Å². The predicted molar refractivity (Wildman–Crippen MR) is 107 cm³/mol. The molecule has 0 saturated carbocycles. The normalized spacial score (nSPS) is 17.7. The molecular weight excluding hydrogens is 354 g/mol. The molecule has 3 aromatic rings. The van der Waals surface area contributed by atoms with E-state index in [2.05, 4.69) is 25.6 Å². The molecule has 1 aromatic heterocycles. The Balaban J connectivity index is 1.58. The van der Waals surface area contributed by atoms with Crippen molar-refractivity contribution in [1.82, 2.24) is 20.6 Å². The molecule has 2 heterocycles. The van der Waals surface area contributed by atoms with Gasteiger partial charge >= 0.3 is 0 Å². The molecule has 28 heavy (non-hydrogen) atoms. The molecule has 0 aliphatic carbocycles. The molecule has 1 saturated heterocycles. The standard InChI is InChI=1S/C21H19N5O2/c1-28-13-19(15-5-3-2-4-6-15)25-21-24-18(20(27)26-21)12-14-7-8-16-17(11-14)23-10-9-22-16/h2-12,19H,13H2,1H3,(H2,24,25,26,27)/b18-12-/t19-/m0/s1. The number of amides is 1. The van der Waals surface area contributed by atoms with Gasteiger partial charge in [0.1, 0.15) is 11.7 Å². The van der Waals surface area contributed by atoms with Gasteiger partial charge in [-0.1, -0.05) is 36.4 Å². The van der Waals surface area contributed by atoms with Crippen LogP contribution in [0.15, 0.2) is 71.6 Å². The van der Waals surface area contributed by atoms with Crippen molar-refractivity contribution >= 4 is 29.0 Å². The molecule has 2 aromatic carbocycles. The van der Waals surface area contributed by atoms with Gasteiger partial charge in [0.15, 0.2) is 0 Å². The second-order valence-corrected chi connectivity index (χ2v) is 6.30. The molecule has 0 bridgehead atoms. The molecule has 1 fully saturated rings. The van der Waals surface area contributed by atoms with Gasteiger partial charge in [0.25, 0.3) is 5.91 Å². The van der Waals surface area contributed by atoms with Crippen LogP contribution in [0.4, 0.5) is 0 Å². The highest BCUT2D eigenvalue weighted by Crippen LogP contribution is 2.19. The molecule has 1 atom stereocenters. The maximum atomic E-state index is 12.3. The van der Waals surface area contributed by atoms with E-state index in [0.29, 0.717) is 18.3 Å². The van der Waals surface area contributed by atoms with Crippen LogP contribution in [0.25, 0.3) is 17.1 Å². The number of nitrogens with zero attached hydrogens (tertiary/aromatic N) is 3. The zero-order valence-corrected chi connectivity index (χ0v) is 15.3. The number of rotatable bonds is 5. The first-order valence-corrected chi connectivity index (χ1v) is 8.85. The van der Waals surface area contributed by atoms with Gasteiger partial charge in [0.05, 0.1) is 17.6 Å². The Morgan fingerprint density at radius 1 is 1.07 bits per heavy atom. The van der Waals surface area contributed by atoms with Gasteiger partial charge in [-0.3, -0.25) is 20.1 Å². The number of nitrogens with one attached hydrogen (secondary N) is 2. The van der Waals surface area contributed by atoms with E-state index >= 15 is 0 Å². The molecule has 0 spiro atoms. The summed E-state index contributed by atoms with van der Waals surface area (Å²) < 4.78 is 5.28. The van der Waals surface area contributed by atoms with Crippen molar-refractivity contribution in [3.63, 3.8) is 0 Å². The maximum Gasteiger partial charge on any atom is 0.274 e. The Kier molecular flexibility index (Phi) is 5.07. The highest BCUT2D eigenvalue weighted by Gasteiger charge is 2.23. The third kappa shape index (κ3) is 3.89. The Hall–Kier alpha value is -3.58. The van der Waals surface area contributed by atoms with Crippen molar-refractivity contribution in [1.29, 1.82) is 0 Å². The van der Waals surface area contributed by atoms with Crippen LogP contribution in [0.1, 0.15) is 17.2 Å². The monoisotopic (exact) mass is 373 g/mol. The topological polar surface area (TPSA) is 88.5 Å². The van der Waals surface area contributed by atoms with Crippen LogP contribution in [0.5, 0.6) is 0 Å². The van der Waals surface area contributed by atoms with Gasteiger partial charge in [0.2, 0.25) is 5.96 Å². The zero-order chi connectivity index (χ0) is 19.3. The van der Waals surface area contributed by atoms with Crippen molar-refractivity contribution in [2.24, 2.45) is 4.99 Å². The molecular formula is C21H19N5O2. The number of hydrogen-bond donors (Lipinski definition) is 2. The Labute approximate surface area is 162 Å². The average Bonchev–Trinajstić information content (AvgIpc) is 3.07. The van der Waals surface area contributed by atoms with Crippen molar-refractivity contribution in [2.45, 2.75) is 6.04 Å². The minimum absolute atomic E-state index is 0.218. The highest BCUT2D eigenvalue weighted by molar-refractivity contribution is 6.15. The van der Waals surface area contributed by atoms with Crippen LogP contribution in [0.3, 0.4) is 0 Å². The average molecular weight is 373 g/mol. The molecule has 2 N–H and O–H groups in total. The molecule has 1 aliphatic rings. The van der Waals surface area contributed by atoms with Gasteiger partial charge < -0.3 is 10.1 Å². The summed E-state index contributed by atoms with van der Waals surface area (Å²) in [5.41, 5.74) is 3.86. The number of aromatic nitrogens is 2. The molecule has 1 amide bonds. The number of carbonyl (C=O) groups excluding carboxylic acids is 1.